The van der Waals surface area contributed by atoms with Gasteiger partial charge < -0.3 is 4.74 Å². The number of sulfone groups is 1. The maximum atomic E-state index is 12.1. The van der Waals surface area contributed by atoms with Crippen LogP contribution in [-0.4, -0.2) is 27.8 Å². The minimum Gasteiger partial charge on any atom is -0.469 e. The third-order valence-corrected chi connectivity index (χ3v) is 5.62. The van der Waals surface area contributed by atoms with Gasteiger partial charge in [0.2, 0.25) is 0 Å². The van der Waals surface area contributed by atoms with E-state index in [4.69, 9.17) is 4.74 Å². The van der Waals surface area contributed by atoms with Crippen LogP contribution >= 0.6 is 0 Å². The molecule has 1 saturated carbocycles. The number of carbonyl (C=O) groups excluding carboxylic acids is 1. The van der Waals surface area contributed by atoms with Crippen molar-refractivity contribution >= 4 is 15.8 Å². The molecule has 1 unspecified atom stereocenters. The quantitative estimate of drug-likeness (QED) is 0.780. The Morgan fingerprint density at radius 3 is 2.27 bits per heavy atom. The van der Waals surface area contributed by atoms with Gasteiger partial charge in [-0.1, -0.05) is 44.2 Å². The van der Waals surface area contributed by atoms with Gasteiger partial charge in [-0.25, -0.2) is 8.42 Å². The first-order chi connectivity index (χ1) is 10.4. The molecular weight excluding hydrogens is 300 g/mol. The average molecular weight is 324 g/mol. The zero-order chi connectivity index (χ0) is 16.2. The lowest BCUT2D eigenvalue weighted by Crippen LogP contribution is -2.19. The van der Waals surface area contributed by atoms with E-state index in [-0.39, 0.29) is 16.8 Å². The molecule has 0 saturated heterocycles. The van der Waals surface area contributed by atoms with Gasteiger partial charge in [0.15, 0.2) is 9.84 Å². The summed E-state index contributed by atoms with van der Waals surface area (Å²) in [6.45, 7) is 0. The van der Waals surface area contributed by atoms with E-state index in [0.717, 1.165) is 24.8 Å². The molecule has 0 heterocycles. The van der Waals surface area contributed by atoms with Gasteiger partial charge in [0.25, 0.3) is 0 Å². The molecule has 1 aromatic rings. The van der Waals surface area contributed by atoms with Crippen molar-refractivity contribution in [2.24, 2.45) is 5.92 Å². The zero-order valence-corrected chi connectivity index (χ0v) is 14.1. The van der Waals surface area contributed by atoms with E-state index in [9.17, 15) is 13.2 Å². The molecule has 2 rings (SSSR count). The number of rotatable bonds is 5. The van der Waals surface area contributed by atoms with Gasteiger partial charge in [0.05, 0.1) is 17.9 Å². The average Bonchev–Trinajstić information content (AvgIpc) is 2.52. The van der Waals surface area contributed by atoms with Crippen LogP contribution in [0.1, 0.15) is 50.0 Å². The van der Waals surface area contributed by atoms with E-state index >= 15 is 0 Å². The van der Waals surface area contributed by atoms with Gasteiger partial charge >= 0.3 is 5.97 Å². The molecule has 122 valence electrons. The normalized spacial score (nSPS) is 17.9. The third-order valence-electron chi connectivity index (χ3n) is 4.49. The lowest BCUT2D eigenvalue weighted by Gasteiger charge is -2.25. The molecule has 0 bridgehead atoms. The molecule has 0 radical (unpaired) electrons. The molecule has 4 nitrogen and oxygen atoms in total. The Morgan fingerprint density at radius 2 is 1.77 bits per heavy atom. The van der Waals surface area contributed by atoms with Crippen LogP contribution in [0.4, 0.5) is 0 Å². The highest BCUT2D eigenvalue weighted by molar-refractivity contribution is 7.90. The highest BCUT2D eigenvalue weighted by atomic mass is 32.2. The van der Waals surface area contributed by atoms with Crippen molar-refractivity contribution in [2.75, 3.05) is 13.4 Å². The van der Waals surface area contributed by atoms with Crippen LogP contribution in [0.5, 0.6) is 0 Å². The SMILES string of the molecule is COC(=O)C(CC1CCCCC1)c1ccc(S(C)(=O)=O)cc1. The molecule has 1 fully saturated rings. The third kappa shape index (κ3) is 4.32. The fourth-order valence-electron chi connectivity index (χ4n) is 3.21. The van der Waals surface area contributed by atoms with Gasteiger partial charge in [0.1, 0.15) is 0 Å². The fourth-order valence-corrected chi connectivity index (χ4v) is 3.84. The molecule has 5 heteroatoms. The Hall–Kier alpha value is -1.36. The summed E-state index contributed by atoms with van der Waals surface area (Å²) >= 11 is 0. The van der Waals surface area contributed by atoms with Gasteiger partial charge in [-0.2, -0.15) is 0 Å². The predicted octanol–water partition coefficient (Wildman–Crippen LogP) is 3.32. The van der Waals surface area contributed by atoms with Crippen molar-refractivity contribution in [1.82, 2.24) is 0 Å². The number of carbonyl (C=O) groups is 1. The number of ether oxygens (including phenoxy) is 1. The van der Waals surface area contributed by atoms with Crippen LogP contribution in [-0.2, 0) is 19.4 Å². The monoisotopic (exact) mass is 324 g/mol. The summed E-state index contributed by atoms with van der Waals surface area (Å²) in [5.74, 6) is 0.00632. The molecule has 0 N–H and O–H groups in total. The van der Waals surface area contributed by atoms with Crippen LogP contribution in [0, 0.1) is 5.92 Å². The number of hydrogen-bond acceptors (Lipinski definition) is 4. The molecule has 0 spiro atoms. The molecule has 22 heavy (non-hydrogen) atoms. The fraction of sp³-hybridized carbons (Fsp3) is 0.588. The van der Waals surface area contributed by atoms with E-state index in [0.29, 0.717) is 5.92 Å². The van der Waals surface area contributed by atoms with Crippen molar-refractivity contribution < 1.29 is 17.9 Å². The van der Waals surface area contributed by atoms with Gasteiger partial charge in [-0.15, -0.1) is 0 Å². The Kier molecular flexibility index (Phi) is 5.62. The maximum Gasteiger partial charge on any atom is 0.313 e. The molecule has 1 aliphatic carbocycles. The van der Waals surface area contributed by atoms with E-state index in [2.05, 4.69) is 0 Å². The molecule has 1 aliphatic rings. The molecule has 0 amide bonds. The summed E-state index contributed by atoms with van der Waals surface area (Å²) in [5.41, 5.74) is 0.838. The van der Waals surface area contributed by atoms with E-state index in [1.165, 1.54) is 32.6 Å². The second-order valence-electron chi connectivity index (χ2n) is 6.16. The highest BCUT2D eigenvalue weighted by Gasteiger charge is 2.26. The first kappa shape index (κ1) is 17.0. The predicted molar refractivity (Wildman–Crippen MR) is 85.5 cm³/mol. The molecule has 0 aliphatic heterocycles. The van der Waals surface area contributed by atoms with Crippen molar-refractivity contribution in [1.29, 1.82) is 0 Å². The molecule has 1 atom stereocenters. The van der Waals surface area contributed by atoms with Gasteiger partial charge in [0, 0.05) is 6.26 Å². The summed E-state index contributed by atoms with van der Waals surface area (Å²) in [6.07, 6.45) is 8.02. The standard InChI is InChI=1S/C17H24O4S/c1-21-17(18)16(12-13-6-4-3-5-7-13)14-8-10-15(11-9-14)22(2,19)20/h8-11,13,16H,3-7,12H2,1-2H3. The van der Waals surface area contributed by atoms with Gasteiger partial charge in [-0.05, 0) is 30.0 Å². The summed E-state index contributed by atoms with van der Waals surface area (Å²) < 4.78 is 28.0. The minimum atomic E-state index is -3.21. The topological polar surface area (TPSA) is 60.4 Å². The molecule has 1 aromatic carbocycles. The second kappa shape index (κ2) is 7.27. The van der Waals surface area contributed by atoms with Crippen molar-refractivity contribution in [2.45, 2.75) is 49.3 Å². The van der Waals surface area contributed by atoms with Crippen LogP contribution in [0.15, 0.2) is 29.2 Å². The van der Waals surface area contributed by atoms with E-state index in [1.807, 2.05) is 0 Å². The highest BCUT2D eigenvalue weighted by Crippen LogP contribution is 2.34. The minimum absolute atomic E-state index is 0.238. The van der Waals surface area contributed by atoms with Crippen LogP contribution in [0.2, 0.25) is 0 Å². The molecular formula is C17H24O4S. The van der Waals surface area contributed by atoms with Crippen molar-refractivity contribution in [3.63, 3.8) is 0 Å². The largest absolute Gasteiger partial charge is 0.469 e. The van der Waals surface area contributed by atoms with Crippen LogP contribution in [0.25, 0.3) is 0 Å². The summed E-state index contributed by atoms with van der Waals surface area (Å²) in [7, 11) is -1.81. The smallest absolute Gasteiger partial charge is 0.313 e. The lowest BCUT2D eigenvalue weighted by molar-refractivity contribution is -0.143. The molecule has 0 aromatic heterocycles. The Bertz CT molecular complexity index is 598. The van der Waals surface area contributed by atoms with E-state index < -0.39 is 9.84 Å². The van der Waals surface area contributed by atoms with E-state index in [1.54, 1.807) is 24.3 Å². The second-order valence-corrected chi connectivity index (χ2v) is 8.17. The first-order valence-corrected chi connectivity index (χ1v) is 9.69. The first-order valence-electron chi connectivity index (χ1n) is 7.79. The number of hydrogen-bond donors (Lipinski definition) is 0. The summed E-state index contributed by atoms with van der Waals surface area (Å²) in [4.78, 5) is 12.4. The Balaban J connectivity index is 2.19. The van der Waals surface area contributed by atoms with Crippen LogP contribution in [0.3, 0.4) is 0 Å². The van der Waals surface area contributed by atoms with Crippen LogP contribution < -0.4 is 0 Å². The summed E-state index contributed by atoms with van der Waals surface area (Å²) in [6, 6.07) is 6.62. The maximum absolute atomic E-state index is 12.1. The zero-order valence-electron chi connectivity index (χ0n) is 13.2. The van der Waals surface area contributed by atoms with Crippen molar-refractivity contribution in [3.05, 3.63) is 29.8 Å². The number of benzene rings is 1. The van der Waals surface area contributed by atoms with Gasteiger partial charge in [-0.3, -0.25) is 4.79 Å². The summed E-state index contributed by atoms with van der Waals surface area (Å²) in [5, 5.41) is 0. The lowest BCUT2D eigenvalue weighted by atomic mass is 9.80. The number of esters is 1. The Labute approximate surface area is 132 Å². The number of methoxy groups -OCH3 is 1. The van der Waals surface area contributed by atoms with Crippen molar-refractivity contribution in [3.8, 4) is 0 Å². The Morgan fingerprint density at radius 1 is 1.18 bits per heavy atom.